The van der Waals surface area contributed by atoms with E-state index in [0.717, 1.165) is 11.1 Å². The first-order valence-corrected chi connectivity index (χ1v) is 7.39. The number of nitro benzene ring substituents is 1. The van der Waals surface area contributed by atoms with Gasteiger partial charge in [0.1, 0.15) is 0 Å². The lowest BCUT2D eigenvalue weighted by Crippen LogP contribution is -2.12. The molecule has 0 radical (unpaired) electrons. The average Bonchev–Trinajstić information content (AvgIpc) is 2.53. The fourth-order valence-corrected chi connectivity index (χ4v) is 2.17. The molecule has 0 bridgehead atoms. The van der Waals surface area contributed by atoms with Gasteiger partial charge in [-0.3, -0.25) is 14.9 Å². The fraction of sp³-hybridized carbons (Fsp3) is 0.278. The van der Waals surface area contributed by atoms with E-state index in [-0.39, 0.29) is 23.8 Å². The Balaban J connectivity index is 2.09. The van der Waals surface area contributed by atoms with Crippen molar-refractivity contribution in [2.75, 3.05) is 6.61 Å². The molecule has 0 aliphatic carbocycles. The summed E-state index contributed by atoms with van der Waals surface area (Å²) in [5.41, 5.74) is 2.31. The molecule has 23 heavy (non-hydrogen) atoms. The summed E-state index contributed by atoms with van der Waals surface area (Å²) in [5.74, 6) is 0.286. The van der Waals surface area contributed by atoms with E-state index in [1.807, 2.05) is 12.1 Å². The molecule has 0 N–H and O–H groups in total. The van der Waals surface area contributed by atoms with Crippen molar-refractivity contribution in [1.82, 2.24) is 0 Å². The summed E-state index contributed by atoms with van der Waals surface area (Å²) in [6, 6.07) is 12.0. The van der Waals surface area contributed by atoms with Crippen molar-refractivity contribution in [2.24, 2.45) is 0 Å². The van der Waals surface area contributed by atoms with Gasteiger partial charge in [0.25, 0.3) is 0 Å². The zero-order valence-corrected chi connectivity index (χ0v) is 13.4. The van der Waals surface area contributed by atoms with Crippen LogP contribution in [0.4, 0.5) is 5.69 Å². The van der Waals surface area contributed by atoms with E-state index >= 15 is 0 Å². The molecular weight excluding hydrogens is 294 g/mol. The fourth-order valence-electron chi connectivity index (χ4n) is 2.17. The molecule has 2 aromatic carbocycles. The molecule has 0 aliphatic rings. The lowest BCUT2D eigenvalue weighted by molar-refractivity contribution is -0.385. The Morgan fingerprint density at radius 1 is 1.17 bits per heavy atom. The Kier molecular flexibility index (Phi) is 5.11. The minimum atomic E-state index is -0.510. The van der Waals surface area contributed by atoms with Gasteiger partial charge in [-0.2, -0.15) is 0 Å². The van der Waals surface area contributed by atoms with Gasteiger partial charge in [-0.15, -0.1) is 0 Å². The Morgan fingerprint density at radius 2 is 1.83 bits per heavy atom. The van der Waals surface area contributed by atoms with E-state index < -0.39 is 4.92 Å². The molecule has 5 heteroatoms. The maximum Gasteiger partial charge on any atom is 0.311 e. The number of ketones is 1. The Morgan fingerprint density at radius 3 is 2.39 bits per heavy atom. The van der Waals surface area contributed by atoms with Gasteiger partial charge in [-0.1, -0.05) is 44.2 Å². The van der Waals surface area contributed by atoms with Gasteiger partial charge in [0.05, 0.1) is 4.92 Å². The molecule has 0 unspecified atom stereocenters. The molecule has 0 saturated carbocycles. The van der Waals surface area contributed by atoms with Gasteiger partial charge >= 0.3 is 5.69 Å². The number of ether oxygens (including phenoxy) is 1. The van der Waals surface area contributed by atoms with E-state index in [1.54, 1.807) is 25.1 Å². The van der Waals surface area contributed by atoms with E-state index in [1.165, 1.54) is 12.1 Å². The van der Waals surface area contributed by atoms with Crippen molar-refractivity contribution >= 4 is 11.5 Å². The highest BCUT2D eigenvalue weighted by Crippen LogP contribution is 2.27. The Bertz CT molecular complexity index is 720. The summed E-state index contributed by atoms with van der Waals surface area (Å²) in [4.78, 5) is 22.7. The SMILES string of the molecule is Cc1ccc(OCC(=O)c2ccc(C(C)C)cc2)c([N+](=O)[O-])c1. The van der Waals surface area contributed by atoms with Crippen LogP contribution in [-0.2, 0) is 0 Å². The number of carbonyl (C=O) groups excluding carboxylic acids is 1. The minimum absolute atomic E-state index is 0.104. The van der Waals surface area contributed by atoms with Crippen molar-refractivity contribution in [3.63, 3.8) is 0 Å². The lowest BCUT2D eigenvalue weighted by atomic mass is 10.0. The highest BCUT2D eigenvalue weighted by atomic mass is 16.6. The normalized spacial score (nSPS) is 10.6. The smallest absolute Gasteiger partial charge is 0.311 e. The predicted molar refractivity (Wildman–Crippen MR) is 88.2 cm³/mol. The predicted octanol–water partition coefficient (Wildman–Crippen LogP) is 4.29. The van der Waals surface area contributed by atoms with Gasteiger partial charge in [0.15, 0.2) is 18.1 Å². The van der Waals surface area contributed by atoms with Crippen molar-refractivity contribution in [3.05, 3.63) is 69.3 Å². The summed E-state index contributed by atoms with van der Waals surface area (Å²) in [6.45, 7) is 5.69. The second-order valence-electron chi connectivity index (χ2n) is 5.72. The topological polar surface area (TPSA) is 69.4 Å². The van der Waals surface area contributed by atoms with Crippen LogP contribution in [0.15, 0.2) is 42.5 Å². The largest absolute Gasteiger partial charge is 0.478 e. The zero-order valence-electron chi connectivity index (χ0n) is 13.4. The number of Topliss-reactive ketones (excluding diaryl/α,β-unsaturated/α-hetero) is 1. The van der Waals surface area contributed by atoms with Crippen LogP contribution in [0.1, 0.15) is 41.3 Å². The standard InChI is InChI=1S/C18H19NO4/c1-12(2)14-5-7-15(8-6-14)17(20)11-23-18-9-4-13(3)10-16(18)19(21)22/h4-10,12H,11H2,1-3H3. The van der Waals surface area contributed by atoms with Crippen molar-refractivity contribution in [2.45, 2.75) is 26.7 Å². The van der Waals surface area contributed by atoms with E-state index in [9.17, 15) is 14.9 Å². The van der Waals surface area contributed by atoms with Crippen molar-refractivity contribution < 1.29 is 14.5 Å². The first kappa shape index (κ1) is 16.7. The second-order valence-corrected chi connectivity index (χ2v) is 5.72. The molecule has 120 valence electrons. The summed E-state index contributed by atoms with van der Waals surface area (Å²) >= 11 is 0. The third kappa shape index (κ3) is 4.16. The van der Waals surface area contributed by atoms with Crippen LogP contribution in [0, 0.1) is 17.0 Å². The number of hydrogen-bond donors (Lipinski definition) is 0. The number of carbonyl (C=O) groups is 1. The summed E-state index contributed by atoms with van der Waals surface area (Å²) in [6.07, 6.45) is 0. The number of nitro groups is 1. The zero-order chi connectivity index (χ0) is 17.0. The minimum Gasteiger partial charge on any atom is -0.478 e. The molecule has 0 atom stereocenters. The molecule has 0 amide bonds. The van der Waals surface area contributed by atoms with E-state index in [0.29, 0.717) is 11.5 Å². The molecule has 0 aromatic heterocycles. The van der Waals surface area contributed by atoms with Gasteiger partial charge < -0.3 is 4.74 Å². The first-order chi connectivity index (χ1) is 10.9. The van der Waals surface area contributed by atoms with Gasteiger partial charge in [-0.25, -0.2) is 0 Å². The maximum absolute atomic E-state index is 12.2. The van der Waals surface area contributed by atoms with Crippen molar-refractivity contribution in [3.8, 4) is 5.75 Å². The summed E-state index contributed by atoms with van der Waals surface area (Å²) in [5, 5.41) is 11.0. The highest BCUT2D eigenvalue weighted by Gasteiger charge is 2.16. The quantitative estimate of drug-likeness (QED) is 0.453. The molecule has 2 rings (SSSR count). The van der Waals surface area contributed by atoms with Crippen LogP contribution in [0.2, 0.25) is 0 Å². The van der Waals surface area contributed by atoms with Crippen LogP contribution in [-0.4, -0.2) is 17.3 Å². The summed E-state index contributed by atoms with van der Waals surface area (Å²) in [7, 11) is 0. The van der Waals surface area contributed by atoms with Crippen LogP contribution < -0.4 is 4.74 Å². The van der Waals surface area contributed by atoms with E-state index in [4.69, 9.17) is 4.74 Å². The number of rotatable bonds is 6. The van der Waals surface area contributed by atoms with Gasteiger partial charge in [0.2, 0.25) is 0 Å². The third-order valence-corrected chi connectivity index (χ3v) is 3.57. The molecule has 0 saturated heterocycles. The maximum atomic E-state index is 12.2. The van der Waals surface area contributed by atoms with Crippen molar-refractivity contribution in [1.29, 1.82) is 0 Å². The molecule has 0 aliphatic heterocycles. The number of aryl methyl sites for hydroxylation is 1. The summed E-state index contributed by atoms with van der Waals surface area (Å²) < 4.78 is 5.36. The Hall–Kier alpha value is -2.69. The van der Waals surface area contributed by atoms with E-state index in [2.05, 4.69) is 13.8 Å². The number of benzene rings is 2. The molecule has 5 nitrogen and oxygen atoms in total. The monoisotopic (exact) mass is 313 g/mol. The second kappa shape index (κ2) is 7.05. The van der Waals surface area contributed by atoms with Gasteiger partial charge in [-0.05, 0) is 30.0 Å². The molecule has 0 fully saturated rings. The Labute approximate surface area is 135 Å². The van der Waals surface area contributed by atoms with Crippen LogP contribution in [0.5, 0.6) is 5.75 Å². The molecule has 0 heterocycles. The molecular formula is C18H19NO4. The average molecular weight is 313 g/mol. The molecule has 2 aromatic rings. The number of nitrogens with zero attached hydrogens (tertiary/aromatic N) is 1. The van der Waals surface area contributed by atoms with Crippen LogP contribution in [0.3, 0.4) is 0 Å². The first-order valence-electron chi connectivity index (χ1n) is 7.39. The third-order valence-electron chi connectivity index (χ3n) is 3.57. The van der Waals surface area contributed by atoms with Crippen LogP contribution in [0.25, 0.3) is 0 Å². The molecule has 0 spiro atoms. The van der Waals surface area contributed by atoms with Gasteiger partial charge in [0, 0.05) is 11.6 Å². The number of hydrogen-bond acceptors (Lipinski definition) is 4. The lowest BCUT2D eigenvalue weighted by Gasteiger charge is -2.08. The van der Waals surface area contributed by atoms with Crippen LogP contribution >= 0.6 is 0 Å². The highest BCUT2D eigenvalue weighted by molar-refractivity contribution is 5.97.